The molecule has 1 unspecified atom stereocenters. The van der Waals surface area contributed by atoms with Crippen molar-refractivity contribution in [3.8, 4) is 0 Å². The molecule has 1 aromatic carbocycles. The molecule has 1 aromatic rings. The molecule has 1 amide bonds. The summed E-state index contributed by atoms with van der Waals surface area (Å²) >= 11 is 0. The van der Waals surface area contributed by atoms with Crippen LogP contribution in [0.1, 0.15) is 31.7 Å². The third-order valence-corrected chi connectivity index (χ3v) is 4.61. The highest BCUT2D eigenvalue weighted by molar-refractivity contribution is 5.76. The average Bonchev–Trinajstić information content (AvgIpc) is 3.12. The standard InChI is InChI=1S/C18H25F3N4O3/c1-13(12-24-8-2-3-9-24)11-23-17(26)6-7-22-15-5-4-14(18(19,20)21)10-16(15)25(27)28/h4-5,10,13,22H,2-3,6-9,11-12H2,1H3,(H,23,26). The molecule has 7 nitrogen and oxygen atoms in total. The summed E-state index contributed by atoms with van der Waals surface area (Å²) in [5.74, 6) is 0.0985. The number of hydrogen-bond acceptors (Lipinski definition) is 5. The van der Waals surface area contributed by atoms with Gasteiger partial charge in [0, 0.05) is 32.1 Å². The Labute approximate surface area is 161 Å². The van der Waals surface area contributed by atoms with Gasteiger partial charge in [-0.25, -0.2) is 0 Å². The number of amides is 1. The molecule has 156 valence electrons. The Bertz CT molecular complexity index is 691. The number of alkyl halides is 3. The molecule has 1 aliphatic heterocycles. The second kappa shape index (κ2) is 9.72. The van der Waals surface area contributed by atoms with E-state index in [9.17, 15) is 28.1 Å². The number of nitrogens with zero attached hydrogens (tertiary/aromatic N) is 2. The van der Waals surface area contributed by atoms with Gasteiger partial charge >= 0.3 is 6.18 Å². The summed E-state index contributed by atoms with van der Waals surface area (Å²) in [6, 6.07) is 2.27. The maximum atomic E-state index is 12.7. The quantitative estimate of drug-likeness (QED) is 0.489. The van der Waals surface area contributed by atoms with Crippen molar-refractivity contribution < 1.29 is 22.9 Å². The summed E-state index contributed by atoms with van der Waals surface area (Å²) in [5.41, 5.74) is -1.81. The number of anilines is 1. The lowest BCUT2D eigenvalue weighted by molar-refractivity contribution is -0.384. The fraction of sp³-hybridized carbons (Fsp3) is 0.611. The summed E-state index contributed by atoms with van der Waals surface area (Å²) in [6.07, 6.45) is -2.18. The number of nitro groups is 1. The maximum absolute atomic E-state index is 12.7. The van der Waals surface area contributed by atoms with Crippen molar-refractivity contribution in [3.63, 3.8) is 0 Å². The van der Waals surface area contributed by atoms with Crippen molar-refractivity contribution in [2.45, 2.75) is 32.4 Å². The minimum absolute atomic E-state index is 0.0480. The second-order valence-electron chi connectivity index (χ2n) is 7.08. The molecule has 2 N–H and O–H groups in total. The summed E-state index contributed by atoms with van der Waals surface area (Å²) < 4.78 is 38.1. The van der Waals surface area contributed by atoms with Gasteiger partial charge in [-0.05, 0) is 44.0 Å². The number of likely N-dealkylation sites (tertiary alicyclic amines) is 1. The second-order valence-corrected chi connectivity index (χ2v) is 7.08. The number of nitro benzene ring substituents is 1. The average molecular weight is 402 g/mol. The molecule has 1 heterocycles. The van der Waals surface area contributed by atoms with Crippen LogP contribution in [0.4, 0.5) is 24.5 Å². The van der Waals surface area contributed by atoms with Gasteiger partial charge < -0.3 is 15.5 Å². The Morgan fingerprint density at radius 2 is 2.00 bits per heavy atom. The van der Waals surface area contributed by atoms with Crippen molar-refractivity contribution in [2.75, 3.05) is 38.0 Å². The van der Waals surface area contributed by atoms with E-state index in [1.165, 1.54) is 12.8 Å². The van der Waals surface area contributed by atoms with Crippen molar-refractivity contribution in [3.05, 3.63) is 33.9 Å². The van der Waals surface area contributed by atoms with Gasteiger partial charge in [-0.15, -0.1) is 0 Å². The molecule has 1 atom stereocenters. The topological polar surface area (TPSA) is 87.5 Å². The monoisotopic (exact) mass is 402 g/mol. The van der Waals surface area contributed by atoms with Crippen LogP contribution >= 0.6 is 0 Å². The van der Waals surface area contributed by atoms with Gasteiger partial charge in [0.25, 0.3) is 5.69 Å². The van der Waals surface area contributed by atoms with Gasteiger partial charge in [-0.1, -0.05) is 6.92 Å². The molecule has 1 saturated heterocycles. The van der Waals surface area contributed by atoms with E-state index < -0.39 is 22.4 Å². The smallest absolute Gasteiger partial charge is 0.379 e. The van der Waals surface area contributed by atoms with Gasteiger partial charge in [0.05, 0.1) is 10.5 Å². The number of hydrogen-bond donors (Lipinski definition) is 2. The minimum Gasteiger partial charge on any atom is -0.379 e. The molecule has 1 aliphatic rings. The molecule has 10 heteroatoms. The molecule has 0 saturated carbocycles. The summed E-state index contributed by atoms with van der Waals surface area (Å²) in [6.45, 7) is 5.79. The van der Waals surface area contributed by atoms with Crippen LogP contribution in [0.15, 0.2) is 18.2 Å². The molecule has 0 bridgehead atoms. The zero-order valence-electron chi connectivity index (χ0n) is 15.7. The van der Waals surface area contributed by atoms with Crippen LogP contribution < -0.4 is 10.6 Å². The van der Waals surface area contributed by atoms with Crippen LogP contribution in [0.5, 0.6) is 0 Å². The first-order valence-corrected chi connectivity index (χ1v) is 9.25. The van der Waals surface area contributed by atoms with Gasteiger partial charge in [-0.3, -0.25) is 14.9 Å². The van der Waals surface area contributed by atoms with Gasteiger partial charge in [0.15, 0.2) is 0 Å². The molecule has 1 fully saturated rings. The third-order valence-electron chi connectivity index (χ3n) is 4.61. The molecule has 0 aromatic heterocycles. The van der Waals surface area contributed by atoms with Crippen LogP contribution in [0, 0.1) is 16.0 Å². The van der Waals surface area contributed by atoms with Crippen LogP contribution in [0.3, 0.4) is 0 Å². The number of nitrogens with one attached hydrogen (secondary N) is 2. The van der Waals surface area contributed by atoms with Crippen LogP contribution in [0.2, 0.25) is 0 Å². The number of carbonyl (C=O) groups excluding carboxylic acids is 1. The Kier molecular flexibility index (Phi) is 7.61. The van der Waals surface area contributed by atoms with Crippen molar-refractivity contribution in [1.82, 2.24) is 10.2 Å². The van der Waals surface area contributed by atoms with Crippen molar-refractivity contribution in [2.24, 2.45) is 5.92 Å². The first-order valence-electron chi connectivity index (χ1n) is 9.25. The number of benzene rings is 1. The van der Waals surface area contributed by atoms with Gasteiger partial charge in [-0.2, -0.15) is 13.2 Å². The highest BCUT2D eigenvalue weighted by Gasteiger charge is 2.33. The van der Waals surface area contributed by atoms with E-state index in [4.69, 9.17) is 0 Å². The molecule has 0 radical (unpaired) electrons. The fourth-order valence-electron chi connectivity index (χ4n) is 3.17. The fourth-order valence-corrected chi connectivity index (χ4v) is 3.17. The van der Waals surface area contributed by atoms with E-state index in [-0.39, 0.29) is 24.6 Å². The largest absolute Gasteiger partial charge is 0.416 e. The summed E-state index contributed by atoms with van der Waals surface area (Å²) in [7, 11) is 0. The van der Waals surface area contributed by atoms with Crippen molar-refractivity contribution in [1.29, 1.82) is 0 Å². The molecular formula is C18H25F3N4O3. The van der Waals surface area contributed by atoms with Crippen LogP contribution in [-0.2, 0) is 11.0 Å². The number of rotatable bonds is 9. The first kappa shape index (κ1) is 21.9. The number of halogens is 3. The molecular weight excluding hydrogens is 377 g/mol. The first-order chi connectivity index (χ1) is 13.2. The lowest BCUT2D eigenvalue weighted by atomic mass is 10.1. The Morgan fingerprint density at radius 3 is 2.61 bits per heavy atom. The van der Waals surface area contributed by atoms with E-state index in [1.807, 2.05) is 0 Å². The van der Waals surface area contributed by atoms with E-state index in [1.54, 1.807) is 0 Å². The SMILES string of the molecule is CC(CNC(=O)CCNc1ccc(C(F)(F)F)cc1[N+](=O)[O-])CN1CCCC1. The van der Waals surface area contributed by atoms with Crippen molar-refractivity contribution >= 4 is 17.3 Å². The number of carbonyl (C=O) groups is 1. The maximum Gasteiger partial charge on any atom is 0.416 e. The zero-order valence-corrected chi connectivity index (χ0v) is 15.7. The third kappa shape index (κ3) is 6.66. The predicted octanol–water partition coefficient (Wildman–Crippen LogP) is 3.26. The lowest BCUT2D eigenvalue weighted by Crippen LogP contribution is -2.35. The highest BCUT2D eigenvalue weighted by Crippen LogP contribution is 2.34. The van der Waals surface area contributed by atoms with E-state index in [0.29, 0.717) is 18.5 Å². The Balaban J connectivity index is 1.78. The van der Waals surface area contributed by atoms with E-state index in [2.05, 4.69) is 22.5 Å². The Hall–Kier alpha value is -2.36. The molecule has 28 heavy (non-hydrogen) atoms. The van der Waals surface area contributed by atoms with Crippen LogP contribution in [0.25, 0.3) is 0 Å². The van der Waals surface area contributed by atoms with Crippen LogP contribution in [-0.4, -0.2) is 48.5 Å². The van der Waals surface area contributed by atoms with Gasteiger partial charge in [0.1, 0.15) is 5.69 Å². The van der Waals surface area contributed by atoms with Gasteiger partial charge in [0.2, 0.25) is 5.91 Å². The summed E-state index contributed by atoms with van der Waals surface area (Å²) in [4.78, 5) is 24.5. The minimum atomic E-state index is -4.66. The summed E-state index contributed by atoms with van der Waals surface area (Å²) in [5, 5.41) is 16.5. The predicted molar refractivity (Wildman–Crippen MR) is 99.1 cm³/mol. The lowest BCUT2D eigenvalue weighted by Gasteiger charge is -2.20. The molecule has 0 aliphatic carbocycles. The van der Waals surface area contributed by atoms with E-state index >= 15 is 0 Å². The highest BCUT2D eigenvalue weighted by atomic mass is 19.4. The van der Waals surface area contributed by atoms with E-state index in [0.717, 1.165) is 31.8 Å². The Morgan fingerprint density at radius 1 is 1.32 bits per heavy atom. The zero-order chi connectivity index (χ0) is 20.7. The molecule has 2 rings (SSSR count). The normalized spacial score (nSPS) is 16.0. The molecule has 0 spiro atoms.